The third-order valence-electron chi connectivity index (χ3n) is 3.30. The summed E-state index contributed by atoms with van der Waals surface area (Å²) in [5.74, 6) is 1.08. The first-order chi connectivity index (χ1) is 11.6. The van der Waals surface area contributed by atoms with Crippen molar-refractivity contribution in [3.8, 4) is 11.5 Å². The molecule has 24 heavy (non-hydrogen) atoms. The molecule has 1 aromatic carbocycles. The Labute approximate surface area is 140 Å². The van der Waals surface area contributed by atoms with E-state index >= 15 is 0 Å². The molecule has 0 aliphatic heterocycles. The normalized spacial score (nSPS) is 10.4. The maximum absolute atomic E-state index is 10.8. The minimum Gasteiger partial charge on any atom is -0.493 e. The summed E-state index contributed by atoms with van der Waals surface area (Å²) in [5.41, 5.74) is 6.04. The summed E-state index contributed by atoms with van der Waals surface area (Å²) in [7, 11) is 1.54. The van der Waals surface area contributed by atoms with Gasteiger partial charge in [0.15, 0.2) is 18.1 Å². The molecule has 3 N–H and O–H groups in total. The second-order valence-electron chi connectivity index (χ2n) is 5.17. The Morgan fingerprint density at radius 3 is 2.92 bits per heavy atom. The molecule has 0 unspecified atom stereocenters. The predicted molar refractivity (Wildman–Crippen MR) is 87.7 cm³/mol. The maximum Gasteiger partial charge on any atom is 0.255 e. The first-order valence-corrected chi connectivity index (χ1v) is 7.72. The Morgan fingerprint density at radius 2 is 2.21 bits per heavy atom. The van der Waals surface area contributed by atoms with E-state index in [1.807, 2.05) is 12.1 Å². The first-order valence-electron chi connectivity index (χ1n) is 7.72. The minimum absolute atomic E-state index is 0.194. The molecule has 1 aromatic heterocycles. The second kappa shape index (κ2) is 8.70. The molecule has 0 saturated carbocycles. The van der Waals surface area contributed by atoms with E-state index in [1.165, 1.54) is 7.11 Å². The van der Waals surface area contributed by atoms with Crippen LogP contribution in [0.2, 0.25) is 0 Å². The summed E-state index contributed by atoms with van der Waals surface area (Å²) in [6, 6.07) is 5.42. The van der Waals surface area contributed by atoms with Crippen LogP contribution in [0.4, 0.5) is 5.95 Å². The van der Waals surface area contributed by atoms with Gasteiger partial charge in [0.05, 0.1) is 7.11 Å². The predicted octanol–water partition coefficient (Wildman–Crippen LogP) is 0.958. The molecule has 1 amide bonds. The number of nitrogens with two attached hydrogens (primary N) is 1. The zero-order valence-corrected chi connectivity index (χ0v) is 13.9. The lowest BCUT2D eigenvalue weighted by molar-refractivity contribution is -0.119. The highest BCUT2D eigenvalue weighted by Gasteiger charge is 2.09. The number of nitrogens with zero attached hydrogens (tertiary/aromatic N) is 4. The van der Waals surface area contributed by atoms with Gasteiger partial charge in [-0.15, -0.1) is 0 Å². The topological polar surface area (TPSA) is 117 Å². The number of anilines is 1. The molecule has 0 spiro atoms. The van der Waals surface area contributed by atoms with E-state index < -0.39 is 5.91 Å². The van der Waals surface area contributed by atoms with Crippen molar-refractivity contribution in [1.82, 2.24) is 20.2 Å². The fraction of sp³-hybridized carbons (Fsp3) is 0.467. The number of primary amides is 1. The fourth-order valence-electron chi connectivity index (χ4n) is 2.06. The number of aromatic nitrogens is 4. The molecule has 2 rings (SSSR count). The molecule has 130 valence electrons. The van der Waals surface area contributed by atoms with E-state index in [1.54, 1.807) is 10.7 Å². The highest BCUT2D eigenvalue weighted by Crippen LogP contribution is 2.28. The summed E-state index contributed by atoms with van der Waals surface area (Å²) < 4.78 is 12.3. The number of carbonyl (C=O) groups is 1. The van der Waals surface area contributed by atoms with Crippen LogP contribution in [-0.4, -0.2) is 39.8 Å². The molecule has 2 aromatic rings. The fourth-order valence-corrected chi connectivity index (χ4v) is 2.06. The van der Waals surface area contributed by atoms with Crippen molar-refractivity contribution < 1.29 is 14.3 Å². The first kappa shape index (κ1) is 17.5. The average Bonchev–Trinajstić information content (AvgIpc) is 3.03. The number of ether oxygens (including phenoxy) is 2. The molecule has 0 aliphatic rings. The summed E-state index contributed by atoms with van der Waals surface area (Å²) in [6.45, 7) is 3.22. The summed E-state index contributed by atoms with van der Waals surface area (Å²) >= 11 is 0. The largest absolute Gasteiger partial charge is 0.493 e. The van der Waals surface area contributed by atoms with E-state index in [-0.39, 0.29) is 6.61 Å². The Hall–Kier alpha value is -2.84. The Kier molecular flexibility index (Phi) is 6.35. The number of hydrogen-bond donors (Lipinski definition) is 2. The molecular formula is C15H22N6O3. The maximum atomic E-state index is 10.8. The van der Waals surface area contributed by atoms with Crippen molar-refractivity contribution in [2.75, 3.05) is 19.0 Å². The number of hydrogen-bond acceptors (Lipinski definition) is 7. The summed E-state index contributed by atoms with van der Waals surface area (Å²) in [5, 5.41) is 14.8. The quantitative estimate of drug-likeness (QED) is 0.664. The smallest absolute Gasteiger partial charge is 0.255 e. The van der Waals surface area contributed by atoms with Gasteiger partial charge in [0.25, 0.3) is 5.91 Å². The van der Waals surface area contributed by atoms with Crippen LogP contribution in [0.15, 0.2) is 18.2 Å². The van der Waals surface area contributed by atoms with Gasteiger partial charge >= 0.3 is 0 Å². The number of nitrogens with one attached hydrogen (secondary N) is 1. The number of carbonyl (C=O) groups excluding carboxylic acids is 1. The van der Waals surface area contributed by atoms with Crippen LogP contribution in [-0.2, 0) is 17.9 Å². The second-order valence-corrected chi connectivity index (χ2v) is 5.17. The molecule has 9 heteroatoms. The van der Waals surface area contributed by atoms with Crippen LogP contribution < -0.4 is 20.5 Å². The van der Waals surface area contributed by atoms with Crippen molar-refractivity contribution in [1.29, 1.82) is 0 Å². The Balaban J connectivity index is 2.00. The van der Waals surface area contributed by atoms with E-state index in [9.17, 15) is 4.79 Å². The van der Waals surface area contributed by atoms with Gasteiger partial charge in [0.2, 0.25) is 5.95 Å². The number of rotatable bonds is 10. The molecule has 0 aliphatic carbocycles. The zero-order valence-electron chi connectivity index (χ0n) is 13.9. The molecule has 0 saturated heterocycles. The van der Waals surface area contributed by atoms with Gasteiger partial charge < -0.3 is 20.5 Å². The highest BCUT2D eigenvalue weighted by atomic mass is 16.5. The molecule has 0 fully saturated rings. The minimum atomic E-state index is -0.540. The van der Waals surface area contributed by atoms with Crippen molar-refractivity contribution in [2.45, 2.75) is 32.9 Å². The van der Waals surface area contributed by atoms with Gasteiger partial charge in [0, 0.05) is 13.1 Å². The van der Waals surface area contributed by atoms with E-state index in [0.29, 0.717) is 24.0 Å². The monoisotopic (exact) mass is 334 g/mol. The highest BCUT2D eigenvalue weighted by molar-refractivity contribution is 5.75. The van der Waals surface area contributed by atoms with Gasteiger partial charge in [-0.3, -0.25) is 4.79 Å². The number of methoxy groups -OCH3 is 1. The van der Waals surface area contributed by atoms with Crippen molar-refractivity contribution in [3.63, 3.8) is 0 Å². The number of amides is 1. The molecule has 9 nitrogen and oxygen atoms in total. The van der Waals surface area contributed by atoms with Gasteiger partial charge in [-0.25, -0.2) is 4.68 Å². The van der Waals surface area contributed by atoms with Crippen LogP contribution in [0, 0.1) is 0 Å². The van der Waals surface area contributed by atoms with Gasteiger partial charge in [-0.05, 0) is 34.5 Å². The number of unbranched alkanes of at least 4 members (excludes halogenated alkanes) is 1. The Morgan fingerprint density at radius 1 is 1.38 bits per heavy atom. The molecule has 0 radical (unpaired) electrons. The Bertz CT molecular complexity index is 673. The molecular weight excluding hydrogens is 312 g/mol. The van der Waals surface area contributed by atoms with Crippen LogP contribution >= 0.6 is 0 Å². The van der Waals surface area contributed by atoms with Gasteiger partial charge in [-0.1, -0.05) is 24.5 Å². The van der Waals surface area contributed by atoms with E-state index in [2.05, 4.69) is 27.8 Å². The molecule has 1 heterocycles. The third-order valence-corrected chi connectivity index (χ3v) is 3.30. The standard InChI is InChI=1S/C15H22N6O3/c1-3-4-7-21-15(18-19-20-21)17-9-11-5-6-12(13(8-11)23-2)24-10-14(16)22/h5-6,8H,3-4,7,9-10H2,1-2H3,(H2,16,22)(H,17,18,20). The van der Waals surface area contributed by atoms with Crippen molar-refractivity contribution in [2.24, 2.45) is 5.73 Å². The van der Waals surface area contributed by atoms with Crippen LogP contribution in [0.5, 0.6) is 11.5 Å². The number of aryl methyl sites for hydroxylation is 1. The molecule has 0 bridgehead atoms. The number of tetrazole rings is 1. The van der Waals surface area contributed by atoms with E-state index in [0.717, 1.165) is 24.9 Å². The number of benzene rings is 1. The SMILES string of the molecule is CCCCn1nnnc1NCc1ccc(OCC(N)=O)c(OC)c1. The van der Waals surface area contributed by atoms with Crippen LogP contribution in [0.3, 0.4) is 0 Å². The lowest BCUT2D eigenvalue weighted by Gasteiger charge is -2.12. The molecule has 0 atom stereocenters. The summed E-state index contributed by atoms with van der Waals surface area (Å²) in [6.07, 6.45) is 2.09. The lowest BCUT2D eigenvalue weighted by atomic mass is 10.2. The van der Waals surface area contributed by atoms with Crippen LogP contribution in [0.1, 0.15) is 25.3 Å². The summed E-state index contributed by atoms with van der Waals surface area (Å²) in [4.78, 5) is 10.8. The van der Waals surface area contributed by atoms with E-state index in [4.69, 9.17) is 15.2 Å². The van der Waals surface area contributed by atoms with Crippen LogP contribution in [0.25, 0.3) is 0 Å². The van der Waals surface area contributed by atoms with Crippen molar-refractivity contribution >= 4 is 11.9 Å². The zero-order chi connectivity index (χ0) is 17.4. The third kappa shape index (κ3) is 4.83. The average molecular weight is 334 g/mol. The van der Waals surface area contributed by atoms with Gasteiger partial charge in [0.1, 0.15) is 0 Å². The van der Waals surface area contributed by atoms with Gasteiger partial charge in [-0.2, -0.15) is 0 Å². The lowest BCUT2D eigenvalue weighted by Crippen LogP contribution is -2.20. The van der Waals surface area contributed by atoms with Crippen molar-refractivity contribution in [3.05, 3.63) is 23.8 Å².